The van der Waals surface area contributed by atoms with Gasteiger partial charge in [0.1, 0.15) is 0 Å². The summed E-state index contributed by atoms with van der Waals surface area (Å²) >= 11 is 0. The molecule has 0 aliphatic heterocycles. The number of aromatic amines is 1. The largest absolute Gasteiger partial charge is 0.361 e. The molecule has 0 saturated carbocycles. The Morgan fingerprint density at radius 2 is 1.85 bits per heavy atom. The average molecular weight is 465 g/mol. The maximum Gasteiger partial charge on any atom is 0.191 e. The van der Waals surface area contributed by atoms with Crippen LogP contribution in [0.1, 0.15) is 18.1 Å². The molecular formula is C20H28IN5. The lowest BCUT2D eigenvalue weighted by Crippen LogP contribution is -2.39. The van der Waals surface area contributed by atoms with Gasteiger partial charge in [0.05, 0.1) is 0 Å². The summed E-state index contributed by atoms with van der Waals surface area (Å²) in [7, 11) is 1.81. The Bertz CT molecular complexity index is 820. The lowest BCUT2D eigenvalue weighted by molar-refractivity contribution is 0.665. The van der Waals surface area contributed by atoms with E-state index in [9.17, 15) is 0 Å². The maximum atomic E-state index is 4.29. The smallest absolute Gasteiger partial charge is 0.191 e. The van der Waals surface area contributed by atoms with Crippen LogP contribution in [-0.4, -0.2) is 35.6 Å². The summed E-state index contributed by atoms with van der Waals surface area (Å²) in [5.74, 6) is 0.848. The second kappa shape index (κ2) is 10.3. The van der Waals surface area contributed by atoms with Crippen molar-refractivity contribution in [1.82, 2.24) is 20.2 Å². The molecule has 26 heavy (non-hydrogen) atoms. The van der Waals surface area contributed by atoms with Crippen LogP contribution in [0.2, 0.25) is 0 Å². The van der Waals surface area contributed by atoms with Crippen LogP contribution in [0, 0.1) is 0 Å². The molecule has 1 aromatic carbocycles. The number of fused-ring (bicyclic) bond motifs is 1. The number of guanidine groups is 1. The van der Waals surface area contributed by atoms with Gasteiger partial charge in [-0.05, 0) is 36.1 Å². The molecule has 140 valence electrons. The monoisotopic (exact) mass is 465 g/mol. The number of aryl methyl sites for hydroxylation is 1. The van der Waals surface area contributed by atoms with Crippen molar-refractivity contribution in [2.75, 3.05) is 20.1 Å². The molecule has 2 heterocycles. The zero-order chi connectivity index (χ0) is 17.5. The number of aromatic nitrogens is 2. The van der Waals surface area contributed by atoms with E-state index in [0.717, 1.165) is 38.4 Å². The van der Waals surface area contributed by atoms with Crippen molar-refractivity contribution in [3.05, 3.63) is 60.0 Å². The molecule has 0 atom stereocenters. The summed E-state index contributed by atoms with van der Waals surface area (Å²) in [4.78, 5) is 7.73. The molecule has 2 aromatic heterocycles. The van der Waals surface area contributed by atoms with Gasteiger partial charge in [0, 0.05) is 56.2 Å². The van der Waals surface area contributed by atoms with Gasteiger partial charge >= 0.3 is 0 Å². The van der Waals surface area contributed by atoms with Gasteiger partial charge in [-0.1, -0.05) is 25.1 Å². The van der Waals surface area contributed by atoms with Crippen LogP contribution >= 0.6 is 24.0 Å². The number of nitrogens with zero attached hydrogens (tertiary/aromatic N) is 2. The number of hydrogen-bond acceptors (Lipinski definition) is 1. The first-order valence-corrected chi connectivity index (χ1v) is 8.95. The lowest BCUT2D eigenvalue weighted by Gasteiger charge is -2.12. The van der Waals surface area contributed by atoms with Crippen LogP contribution < -0.4 is 10.6 Å². The molecule has 0 amide bonds. The van der Waals surface area contributed by atoms with Crippen molar-refractivity contribution >= 4 is 40.8 Å². The highest BCUT2D eigenvalue weighted by molar-refractivity contribution is 14.0. The molecule has 5 nitrogen and oxygen atoms in total. The third-order valence-corrected chi connectivity index (χ3v) is 4.51. The SMILES string of the molecule is CCc1cccc2c(CCNC(=NC)NCCn3cccc3)c[nH]c12.I. The highest BCUT2D eigenvalue weighted by atomic mass is 127. The molecule has 0 saturated heterocycles. The van der Waals surface area contributed by atoms with Crippen molar-refractivity contribution in [1.29, 1.82) is 0 Å². The Morgan fingerprint density at radius 3 is 2.58 bits per heavy atom. The quantitative estimate of drug-likeness (QED) is 0.284. The van der Waals surface area contributed by atoms with Crippen LogP contribution in [0.4, 0.5) is 0 Å². The fourth-order valence-electron chi connectivity index (χ4n) is 3.14. The van der Waals surface area contributed by atoms with E-state index in [0.29, 0.717) is 0 Å². The minimum Gasteiger partial charge on any atom is -0.361 e. The van der Waals surface area contributed by atoms with Crippen LogP contribution in [0.25, 0.3) is 10.9 Å². The first-order chi connectivity index (χ1) is 12.3. The Kier molecular flexibility index (Phi) is 8.03. The highest BCUT2D eigenvalue weighted by Gasteiger charge is 2.06. The number of nitrogens with one attached hydrogen (secondary N) is 3. The van der Waals surface area contributed by atoms with E-state index in [1.54, 1.807) is 0 Å². The molecule has 3 aromatic rings. The third kappa shape index (κ3) is 5.03. The number of H-pyrrole nitrogens is 1. The highest BCUT2D eigenvalue weighted by Crippen LogP contribution is 2.22. The van der Waals surface area contributed by atoms with E-state index in [-0.39, 0.29) is 24.0 Å². The van der Waals surface area contributed by atoms with Crippen molar-refractivity contribution in [3.8, 4) is 0 Å². The second-order valence-electron chi connectivity index (χ2n) is 6.10. The summed E-state index contributed by atoms with van der Waals surface area (Å²) in [5, 5.41) is 8.08. The molecule has 0 unspecified atom stereocenters. The van der Waals surface area contributed by atoms with Crippen molar-refractivity contribution in [3.63, 3.8) is 0 Å². The van der Waals surface area contributed by atoms with Gasteiger partial charge in [-0.3, -0.25) is 4.99 Å². The van der Waals surface area contributed by atoms with E-state index < -0.39 is 0 Å². The second-order valence-corrected chi connectivity index (χ2v) is 6.10. The molecule has 0 bridgehead atoms. The summed E-state index contributed by atoms with van der Waals surface area (Å²) < 4.78 is 2.15. The molecule has 0 aliphatic rings. The fraction of sp³-hybridized carbons (Fsp3) is 0.350. The zero-order valence-electron chi connectivity index (χ0n) is 15.5. The first-order valence-electron chi connectivity index (χ1n) is 8.95. The first kappa shape index (κ1) is 20.4. The Hall–Kier alpha value is -1.96. The van der Waals surface area contributed by atoms with Crippen LogP contribution in [-0.2, 0) is 19.4 Å². The molecule has 3 rings (SSSR count). The van der Waals surface area contributed by atoms with Gasteiger partial charge in [-0.25, -0.2) is 0 Å². The number of halogens is 1. The molecule has 0 radical (unpaired) electrons. The van der Waals surface area contributed by atoms with Gasteiger partial charge in [0.25, 0.3) is 0 Å². The standard InChI is InChI=1S/C20H27N5.HI/c1-3-16-7-6-8-18-17(15-24-19(16)18)9-10-22-20(21-2)23-11-14-25-12-4-5-13-25;/h4-8,12-13,15,24H,3,9-11,14H2,1-2H3,(H2,21,22,23);1H. The molecule has 0 aliphatic carbocycles. The van der Waals surface area contributed by atoms with E-state index >= 15 is 0 Å². The lowest BCUT2D eigenvalue weighted by atomic mass is 10.1. The topological polar surface area (TPSA) is 57.1 Å². The zero-order valence-corrected chi connectivity index (χ0v) is 17.8. The molecule has 0 fully saturated rings. The van der Waals surface area contributed by atoms with E-state index in [4.69, 9.17) is 0 Å². The minimum atomic E-state index is 0. The normalized spacial score (nSPS) is 11.4. The summed E-state index contributed by atoms with van der Waals surface area (Å²) in [5.41, 5.74) is 3.99. The van der Waals surface area contributed by atoms with Crippen LogP contribution in [0.3, 0.4) is 0 Å². The molecule has 0 spiro atoms. The predicted molar refractivity (Wildman–Crippen MR) is 121 cm³/mol. The van der Waals surface area contributed by atoms with Crippen molar-refractivity contribution < 1.29 is 0 Å². The van der Waals surface area contributed by atoms with E-state index in [1.807, 2.05) is 19.2 Å². The third-order valence-electron chi connectivity index (χ3n) is 4.51. The van der Waals surface area contributed by atoms with Gasteiger partial charge in [0.15, 0.2) is 5.96 Å². The maximum absolute atomic E-state index is 4.29. The number of benzene rings is 1. The number of hydrogen-bond donors (Lipinski definition) is 3. The van der Waals surface area contributed by atoms with Crippen LogP contribution in [0.5, 0.6) is 0 Å². The molecule has 6 heteroatoms. The Balaban J connectivity index is 0.00000243. The van der Waals surface area contributed by atoms with Gasteiger partial charge in [-0.2, -0.15) is 0 Å². The van der Waals surface area contributed by atoms with E-state index in [2.05, 4.69) is 68.9 Å². The predicted octanol–water partition coefficient (Wildman–Crippen LogP) is 3.56. The van der Waals surface area contributed by atoms with Gasteiger partial charge in [-0.15, -0.1) is 24.0 Å². The fourth-order valence-corrected chi connectivity index (χ4v) is 3.14. The summed E-state index contributed by atoms with van der Waals surface area (Å²) in [6, 6.07) is 10.6. The van der Waals surface area contributed by atoms with Gasteiger partial charge < -0.3 is 20.2 Å². The van der Waals surface area contributed by atoms with Crippen molar-refractivity contribution in [2.24, 2.45) is 4.99 Å². The molecule has 3 N–H and O–H groups in total. The Labute approximate surface area is 172 Å². The minimum absolute atomic E-state index is 0. The van der Waals surface area contributed by atoms with Gasteiger partial charge in [0.2, 0.25) is 0 Å². The number of rotatable bonds is 7. The summed E-state index contributed by atoms with van der Waals surface area (Å²) in [6.45, 7) is 4.82. The summed E-state index contributed by atoms with van der Waals surface area (Å²) in [6.07, 6.45) is 8.28. The van der Waals surface area contributed by atoms with Crippen molar-refractivity contribution in [2.45, 2.75) is 26.3 Å². The average Bonchev–Trinajstić information content (AvgIpc) is 3.30. The Morgan fingerprint density at radius 1 is 1.08 bits per heavy atom. The number of aliphatic imine (C=N–C) groups is 1. The van der Waals surface area contributed by atoms with Crippen LogP contribution in [0.15, 0.2) is 53.9 Å². The molecular weight excluding hydrogens is 437 g/mol. The van der Waals surface area contributed by atoms with E-state index in [1.165, 1.54) is 22.0 Å². The number of para-hydroxylation sites is 1.